The molecule has 0 spiro atoms. The smallest absolute Gasteiger partial charge is 0.134 e. The minimum atomic E-state index is -0.667. The van der Waals surface area contributed by atoms with Crippen LogP contribution in [0.25, 0.3) is 10.8 Å². The van der Waals surface area contributed by atoms with Gasteiger partial charge in [0, 0.05) is 0 Å². The molecule has 2 heteroatoms. The molecule has 0 unspecified atom stereocenters. The highest BCUT2D eigenvalue weighted by molar-refractivity contribution is 7.05. The van der Waals surface area contributed by atoms with Crippen molar-refractivity contribution in [1.29, 1.82) is 0 Å². The maximum absolute atomic E-state index is 5.41. The van der Waals surface area contributed by atoms with Crippen molar-refractivity contribution < 1.29 is 0 Å². The first-order valence-corrected chi connectivity index (χ1v) is 8.83. The zero-order valence-corrected chi connectivity index (χ0v) is 10.5. The van der Waals surface area contributed by atoms with Gasteiger partial charge < -0.3 is 0 Å². The summed E-state index contributed by atoms with van der Waals surface area (Å²) in [5, 5.41) is 2.62. The highest BCUT2D eigenvalue weighted by atomic mass is 35.6. The fourth-order valence-corrected chi connectivity index (χ4v) is 1.13. The van der Waals surface area contributed by atoms with Gasteiger partial charge in [-0.3, -0.25) is 0 Å². The second kappa shape index (κ2) is 5.84. The van der Waals surface area contributed by atoms with Crippen molar-refractivity contribution in [3.8, 4) is 0 Å². The molecule has 0 aliphatic carbocycles. The molecule has 0 heterocycles. The van der Waals surface area contributed by atoms with E-state index in [9.17, 15) is 0 Å². The van der Waals surface area contributed by atoms with Gasteiger partial charge in [0.25, 0.3) is 0 Å². The average Bonchev–Trinajstić information content (AvgIpc) is 2.17. The first-order valence-electron chi connectivity index (χ1n) is 4.78. The third-order valence-electron chi connectivity index (χ3n) is 1.66. The normalized spacial score (nSPS) is 9.71. The Balaban J connectivity index is 0.000000213. The van der Waals surface area contributed by atoms with Gasteiger partial charge in [0.2, 0.25) is 0 Å². The van der Waals surface area contributed by atoms with Crippen LogP contribution in [-0.4, -0.2) is 8.11 Å². The van der Waals surface area contributed by atoms with Crippen molar-refractivity contribution in [2.24, 2.45) is 0 Å². The molecule has 0 radical (unpaired) electrons. The van der Waals surface area contributed by atoms with Crippen LogP contribution in [0.2, 0.25) is 13.1 Å². The van der Waals surface area contributed by atoms with Crippen molar-refractivity contribution in [1.82, 2.24) is 0 Å². The van der Waals surface area contributed by atoms with E-state index < -0.39 is 8.11 Å². The molecule has 0 atom stereocenters. The first-order chi connectivity index (χ1) is 6.70. The number of fused-ring (bicyclic) bond motifs is 1. The number of halogens is 1. The van der Waals surface area contributed by atoms with E-state index in [4.69, 9.17) is 11.1 Å². The van der Waals surface area contributed by atoms with E-state index in [1.807, 2.05) is 0 Å². The van der Waals surface area contributed by atoms with Crippen LogP contribution in [-0.2, 0) is 0 Å². The summed E-state index contributed by atoms with van der Waals surface area (Å²) in [6.45, 7) is 4.14. The lowest BCUT2D eigenvalue weighted by Crippen LogP contribution is -1.78. The monoisotopic (exact) mass is 222 g/mol. The quantitative estimate of drug-likeness (QED) is 0.466. The number of benzene rings is 2. The van der Waals surface area contributed by atoms with Crippen LogP contribution in [0.3, 0.4) is 0 Å². The number of hydrogen-bond acceptors (Lipinski definition) is 0. The maximum Gasteiger partial charge on any atom is 0.134 e. The molecule has 0 saturated carbocycles. The highest BCUT2D eigenvalue weighted by Crippen LogP contribution is 2.11. The van der Waals surface area contributed by atoms with E-state index in [2.05, 4.69) is 61.6 Å². The lowest BCUT2D eigenvalue weighted by Gasteiger charge is -1.92. The largest absolute Gasteiger partial charge is 0.172 e. The van der Waals surface area contributed by atoms with Crippen molar-refractivity contribution >= 4 is 30.0 Å². The minimum absolute atomic E-state index is 0.667. The summed E-state index contributed by atoms with van der Waals surface area (Å²) in [6.07, 6.45) is 0. The van der Waals surface area contributed by atoms with E-state index in [0.717, 1.165) is 0 Å². The van der Waals surface area contributed by atoms with E-state index in [0.29, 0.717) is 0 Å². The molecule has 0 aromatic heterocycles. The Hall–Kier alpha value is -0.793. The van der Waals surface area contributed by atoms with Gasteiger partial charge in [-0.2, -0.15) is 11.1 Å². The van der Waals surface area contributed by atoms with Crippen molar-refractivity contribution in [2.75, 3.05) is 0 Å². The van der Waals surface area contributed by atoms with Gasteiger partial charge in [-0.15, -0.1) is 0 Å². The minimum Gasteiger partial charge on any atom is -0.172 e. The van der Waals surface area contributed by atoms with Gasteiger partial charge in [0.15, 0.2) is 0 Å². The molecule has 0 aliphatic heterocycles. The van der Waals surface area contributed by atoms with Crippen molar-refractivity contribution in [3.05, 3.63) is 48.5 Å². The molecule has 0 nitrogen and oxygen atoms in total. The second-order valence-electron chi connectivity index (χ2n) is 3.36. The van der Waals surface area contributed by atoms with Gasteiger partial charge >= 0.3 is 0 Å². The van der Waals surface area contributed by atoms with Gasteiger partial charge in [0.1, 0.15) is 8.11 Å². The third-order valence-corrected chi connectivity index (χ3v) is 1.66. The lowest BCUT2D eigenvalue weighted by molar-refractivity contribution is 1.75. The van der Waals surface area contributed by atoms with Crippen LogP contribution in [0, 0.1) is 0 Å². The molecule has 2 aromatic rings. The average molecular weight is 223 g/mol. The van der Waals surface area contributed by atoms with Crippen LogP contribution in [0.4, 0.5) is 0 Å². The van der Waals surface area contributed by atoms with E-state index in [1.165, 1.54) is 10.8 Å². The Morgan fingerprint density at radius 1 is 0.786 bits per heavy atom. The Bertz CT molecular complexity index is 316. The Labute approximate surface area is 91.8 Å². The van der Waals surface area contributed by atoms with Gasteiger partial charge in [-0.25, -0.2) is 0 Å². The fourth-order valence-electron chi connectivity index (χ4n) is 1.13. The summed E-state index contributed by atoms with van der Waals surface area (Å²) in [5.74, 6) is 0. The highest BCUT2D eigenvalue weighted by Gasteiger charge is 1.85. The van der Waals surface area contributed by atoms with E-state index >= 15 is 0 Å². The van der Waals surface area contributed by atoms with Crippen LogP contribution in [0.1, 0.15) is 0 Å². The Morgan fingerprint density at radius 3 is 1.21 bits per heavy atom. The van der Waals surface area contributed by atoms with Crippen LogP contribution < -0.4 is 0 Å². The summed E-state index contributed by atoms with van der Waals surface area (Å²) in [4.78, 5) is 0. The molecule has 74 valence electrons. The van der Waals surface area contributed by atoms with Gasteiger partial charge in [-0.05, 0) is 10.8 Å². The molecule has 2 rings (SSSR count). The molecule has 0 bridgehead atoms. The summed E-state index contributed by atoms with van der Waals surface area (Å²) in [7, 11) is -0.667. The molecule has 0 aliphatic rings. The maximum atomic E-state index is 5.41. The summed E-state index contributed by atoms with van der Waals surface area (Å²) in [5.41, 5.74) is 0. The third kappa shape index (κ3) is 3.94. The number of rotatable bonds is 0. The van der Waals surface area contributed by atoms with Gasteiger partial charge in [-0.1, -0.05) is 61.6 Å². The number of hydrogen-bond donors (Lipinski definition) is 0. The van der Waals surface area contributed by atoms with Crippen LogP contribution in [0.5, 0.6) is 0 Å². The van der Waals surface area contributed by atoms with E-state index in [-0.39, 0.29) is 0 Å². The first kappa shape index (κ1) is 11.3. The predicted octanol–water partition coefficient (Wildman–Crippen LogP) is 4.05. The summed E-state index contributed by atoms with van der Waals surface area (Å²) in [6, 6.07) is 16.7. The van der Waals surface area contributed by atoms with Gasteiger partial charge in [0.05, 0.1) is 0 Å². The van der Waals surface area contributed by atoms with Crippen LogP contribution in [0.15, 0.2) is 48.5 Å². The summed E-state index contributed by atoms with van der Waals surface area (Å²) >= 11 is 5.41. The standard InChI is InChI=1S/C10H8.C2H7ClSi/c1-2-6-10-8-4-3-7-9(10)5-1;1-4(2)3/h1-8H;4H,1-2H3. The molecule has 2 aromatic carbocycles. The fraction of sp³-hybridized carbons (Fsp3) is 0.167. The Kier molecular flexibility index (Phi) is 4.70. The second-order valence-corrected chi connectivity index (χ2v) is 8.01. The molecule has 0 saturated heterocycles. The zero-order chi connectivity index (χ0) is 10.4. The van der Waals surface area contributed by atoms with Crippen molar-refractivity contribution in [3.63, 3.8) is 0 Å². The molecular weight excluding hydrogens is 208 g/mol. The topological polar surface area (TPSA) is 0 Å². The summed E-state index contributed by atoms with van der Waals surface area (Å²) < 4.78 is 0. The molecule has 0 N–H and O–H groups in total. The molecule has 0 amide bonds. The molecule has 0 fully saturated rings. The van der Waals surface area contributed by atoms with Crippen LogP contribution >= 0.6 is 11.1 Å². The SMILES string of the molecule is C[SiH](C)Cl.c1ccc2ccccc2c1. The van der Waals surface area contributed by atoms with Crippen molar-refractivity contribution in [2.45, 2.75) is 13.1 Å². The lowest BCUT2D eigenvalue weighted by atomic mass is 10.1. The molecular formula is C12H15ClSi. The predicted molar refractivity (Wildman–Crippen MR) is 68.7 cm³/mol. The Morgan fingerprint density at radius 2 is 1.00 bits per heavy atom. The zero-order valence-electron chi connectivity index (χ0n) is 8.57. The van der Waals surface area contributed by atoms with E-state index in [1.54, 1.807) is 0 Å². The molecule has 14 heavy (non-hydrogen) atoms.